The van der Waals surface area contributed by atoms with Crippen molar-refractivity contribution in [2.75, 3.05) is 13.1 Å². The lowest BCUT2D eigenvalue weighted by Crippen LogP contribution is -2.28. The average Bonchev–Trinajstić information content (AvgIpc) is 4.02. The lowest BCUT2D eigenvalue weighted by molar-refractivity contribution is 0.245. The van der Waals surface area contributed by atoms with E-state index in [9.17, 15) is 9.59 Å². The van der Waals surface area contributed by atoms with E-state index in [2.05, 4.69) is 50.1 Å². The summed E-state index contributed by atoms with van der Waals surface area (Å²) in [6, 6.07) is 15.6. The Morgan fingerprint density at radius 1 is 0.589 bits per heavy atom. The molecule has 0 saturated carbocycles. The monoisotopic (exact) mass is 1040 g/mol. The highest BCUT2D eigenvalue weighted by atomic mass is 35.5. The van der Waals surface area contributed by atoms with Crippen molar-refractivity contribution in [2.45, 2.75) is 93.0 Å². The maximum absolute atomic E-state index is 13.5. The molecule has 0 fully saturated rings. The minimum atomic E-state index is -0.0168. The summed E-state index contributed by atoms with van der Waals surface area (Å²) in [5, 5.41) is 5.39. The molecule has 0 unspecified atom stereocenters. The van der Waals surface area contributed by atoms with Gasteiger partial charge in [-0.2, -0.15) is 0 Å². The van der Waals surface area contributed by atoms with Crippen LogP contribution in [0, 0.1) is 41.5 Å². The van der Waals surface area contributed by atoms with Crippen LogP contribution in [-0.2, 0) is 38.6 Å². The van der Waals surface area contributed by atoms with Gasteiger partial charge in [0.2, 0.25) is 0 Å². The Bertz CT molecular complexity index is 3640. The molecular weight excluding hydrogens is 987 g/mol. The molecule has 8 heterocycles. The molecule has 0 spiro atoms. The molecule has 8 aromatic heterocycles. The highest BCUT2D eigenvalue weighted by Crippen LogP contribution is 2.25. The molecule has 0 amide bonds. The number of alkyl halides is 1. The second-order valence-electron chi connectivity index (χ2n) is 17.7. The topological polar surface area (TPSA) is 189 Å². The van der Waals surface area contributed by atoms with E-state index < -0.39 is 0 Å². The van der Waals surface area contributed by atoms with Crippen LogP contribution in [0.3, 0.4) is 0 Å². The van der Waals surface area contributed by atoms with Crippen LogP contribution >= 0.6 is 34.8 Å². The van der Waals surface area contributed by atoms with Crippen LogP contribution in [0.15, 0.2) is 117 Å². The van der Waals surface area contributed by atoms with Crippen LogP contribution in [0.4, 0.5) is 0 Å². The smallest absolute Gasteiger partial charge is 0.197 e. The van der Waals surface area contributed by atoms with Crippen molar-refractivity contribution < 1.29 is 8.83 Å². The summed E-state index contributed by atoms with van der Waals surface area (Å²) in [6.07, 6.45) is 15.4. The van der Waals surface area contributed by atoms with Gasteiger partial charge in [-0.15, -0.1) is 11.6 Å². The molecule has 10 rings (SSSR count). The van der Waals surface area contributed by atoms with Crippen LogP contribution in [0.2, 0.25) is 10.3 Å². The number of nitrogens with zero attached hydrogens (tertiary/aromatic N) is 11. The summed E-state index contributed by atoms with van der Waals surface area (Å²) in [6.45, 7) is 16.9. The first-order valence-electron chi connectivity index (χ1n) is 23.8. The van der Waals surface area contributed by atoms with Crippen molar-refractivity contribution in [2.24, 2.45) is 0 Å². The van der Waals surface area contributed by atoms with Gasteiger partial charge >= 0.3 is 0 Å². The number of hydrogen-bond acceptors (Lipinski definition) is 14. The second-order valence-corrected chi connectivity index (χ2v) is 18.7. The minimum absolute atomic E-state index is 0.0168. The Morgan fingerprint density at radius 3 is 1.62 bits per heavy atom. The van der Waals surface area contributed by atoms with Crippen LogP contribution in [-0.4, -0.2) is 67.0 Å². The van der Waals surface area contributed by atoms with Gasteiger partial charge in [0.25, 0.3) is 0 Å². The number of nitrogens with one attached hydrogen (secondary N) is 1. The molecule has 0 aliphatic rings. The number of rotatable bonds is 15. The van der Waals surface area contributed by atoms with E-state index in [1.165, 1.54) is 18.2 Å². The number of pyridine rings is 2. The fraction of sp³-hybridized carbons (Fsp3) is 0.296. The van der Waals surface area contributed by atoms with Crippen LogP contribution in [0.5, 0.6) is 0 Å². The Hall–Kier alpha value is -6.95. The van der Waals surface area contributed by atoms with Crippen molar-refractivity contribution in [3.63, 3.8) is 0 Å². The average molecular weight is 1040 g/mol. The molecule has 0 saturated heterocycles. The minimum Gasteiger partial charge on any atom is -0.460 e. The molecule has 1 N–H and O–H groups in total. The highest BCUT2D eigenvalue weighted by Gasteiger charge is 2.19. The first-order valence-corrected chi connectivity index (χ1v) is 25.1. The summed E-state index contributed by atoms with van der Waals surface area (Å²) >= 11 is 17.9. The van der Waals surface area contributed by atoms with Gasteiger partial charge in [-0.05, 0) is 131 Å². The molecule has 19 heteroatoms. The number of aryl methyl sites for hydroxylation is 8. The number of benzene rings is 2. The van der Waals surface area contributed by atoms with Crippen molar-refractivity contribution in [1.82, 2.24) is 59.2 Å². The van der Waals surface area contributed by atoms with Crippen molar-refractivity contribution in [3.05, 3.63) is 185 Å². The fourth-order valence-corrected chi connectivity index (χ4v) is 9.06. The Balaban J connectivity index is 0.000000162. The summed E-state index contributed by atoms with van der Waals surface area (Å²) < 4.78 is 15.9. The lowest BCUT2D eigenvalue weighted by Gasteiger charge is -2.23. The maximum atomic E-state index is 13.5. The van der Waals surface area contributed by atoms with Gasteiger partial charge in [-0.3, -0.25) is 24.5 Å². The molecule has 0 radical (unpaired) electrons. The summed E-state index contributed by atoms with van der Waals surface area (Å²) in [4.78, 5) is 61.1. The third kappa shape index (κ3) is 12.3. The summed E-state index contributed by atoms with van der Waals surface area (Å²) in [5.41, 5.74) is 12.0. The van der Waals surface area contributed by atoms with Crippen LogP contribution < -0.4 is 16.2 Å². The SMILES string of the molecule is Cc1ccc2c(=O)c(CCl)c(C)oc2c1C.Cc1ccc2c(=O)c(CN(CCCn3cnc4c(Cl)ncnc43)Cc3ccncc3)c(C)oc2c1C.Clc1ncnc2c1ncn2CCCNCc1ccncc1. The zero-order valence-electron chi connectivity index (χ0n) is 41.5. The van der Waals surface area contributed by atoms with Gasteiger partial charge in [0.1, 0.15) is 46.4 Å². The number of aromatic nitrogens is 10. The fourth-order valence-electron chi connectivity index (χ4n) is 8.40. The predicted molar refractivity (Wildman–Crippen MR) is 287 cm³/mol. The third-order valence-electron chi connectivity index (χ3n) is 12.8. The van der Waals surface area contributed by atoms with E-state index >= 15 is 0 Å². The van der Waals surface area contributed by atoms with Crippen molar-refractivity contribution >= 4 is 79.1 Å². The zero-order chi connectivity index (χ0) is 51.6. The largest absolute Gasteiger partial charge is 0.460 e. The van der Waals surface area contributed by atoms with Crippen molar-refractivity contribution in [1.29, 1.82) is 0 Å². The van der Waals surface area contributed by atoms with Gasteiger partial charge in [0, 0.05) is 64.1 Å². The maximum Gasteiger partial charge on any atom is 0.197 e. The summed E-state index contributed by atoms with van der Waals surface area (Å²) in [7, 11) is 0. The molecule has 376 valence electrons. The standard InChI is InChI=1S/C27H27ClN6O2.C14H15ClN6.C13H13ClO2/c1-17-5-6-21-24(35)22(19(3)36-25(21)18(17)2)14-33(13-20-7-9-29-10-8-20)11-4-12-34-16-32-23-26(28)30-15-31-27(23)34;15-13-12-14(19-9-18-13)21(10-20-12)7-1-4-17-8-11-2-5-16-6-3-11;1-7-4-5-10-12(15)11(6-14)9(3)16-13(10)8(7)2/h5-10,15-16H,4,11-14H2,1-3H3;2-3,5-6,9-10,17H,1,4,7-8H2;4-5H,6H2,1-3H3. The zero-order valence-corrected chi connectivity index (χ0v) is 43.8. The second kappa shape index (κ2) is 24.2. The molecule has 0 aliphatic carbocycles. The van der Waals surface area contributed by atoms with E-state index in [1.807, 2.05) is 86.2 Å². The normalized spacial score (nSPS) is 11.4. The molecule has 0 atom stereocenters. The van der Waals surface area contributed by atoms with Crippen molar-refractivity contribution in [3.8, 4) is 0 Å². The van der Waals surface area contributed by atoms with E-state index in [4.69, 9.17) is 43.6 Å². The highest BCUT2D eigenvalue weighted by molar-refractivity contribution is 6.33. The molecule has 10 aromatic rings. The third-order valence-corrected chi connectivity index (χ3v) is 13.7. The lowest BCUT2D eigenvalue weighted by atomic mass is 10.0. The first kappa shape index (κ1) is 52.4. The number of fused-ring (bicyclic) bond motifs is 4. The Kier molecular flexibility index (Phi) is 17.3. The summed E-state index contributed by atoms with van der Waals surface area (Å²) in [5.74, 6) is 1.46. The van der Waals surface area contributed by atoms with E-state index in [0.717, 1.165) is 72.5 Å². The number of hydrogen-bond donors (Lipinski definition) is 1. The number of halogens is 3. The Labute approximate surface area is 436 Å². The van der Waals surface area contributed by atoms with Gasteiger partial charge in [0.15, 0.2) is 32.5 Å². The molecule has 2 aromatic carbocycles. The van der Waals surface area contributed by atoms with Gasteiger partial charge in [-0.1, -0.05) is 35.3 Å². The van der Waals surface area contributed by atoms with E-state index in [-0.39, 0.29) is 16.7 Å². The van der Waals surface area contributed by atoms with Gasteiger partial charge in [0.05, 0.1) is 40.4 Å². The van der Waals surface area contributed by atoms with Crippen LogP contribution in [0.1, 0.15) is 68.9 Å². The molecule has 0 bridgehead atoms. The van der Waals surface area contributed by atoms with Gasteiger partial charge in [-0.25, -0.2) is 29.9 Å². The molecule has 16 nitrogen and oxygen atoms in total. The molecular formula is C54H55Cl3N12O4. The van der Waals surface area contributed by atoms with Gasteiger partial charge < -0.3 is 23.3 Å². The quantitative estimate of drug-likeness (QED) is 0.0580. The van der Waals surface area contributed by atoms with E-state index in [0.29, 0.717) is 91.2 Å². The molecule has 73 heavy (non-hydrogen) atoms. The van der Waals surface area contributed by atoms with Crippen LogP contribution in [0.25, 0.3) is 44.3 Å². The Morgan fingerprint density at radius 2 is 1.08 bits per heavy atom. The predicted octanol–water partition coefficient (Wildman–Crippen LogP) is 10.5. The van der Waals surface area contributed by atoms with E-state index in [1.54, 1.807) is 50.4 Å². The molecule has 0 aliphatic heterocycles. The first-order chi connectivity index (χ1) is 35.3. The number of imidazole rings is 2.